The minimum atomic E-state index is -2.36. The zero-order chi connectivity index (χ0) is 83.7. The van der Waals surface area contributed by atoms with Gasteiger partial charge in [0, 0.05) is 116 Å². The molecule has 0 aliphatic carbocycles. The van der Waals surface area contributed by atoms with E-state index in [9.17, 15) is 0 Å². The van der Waals surface area contributed by atoms with Gasteiger partial charge in [-0.1, -0.05) is 192 Å². The average molecular weight is 1410 g/mol. The first kappa shape index (κ1) is 70.9. The smallest absolute Gasteiger partial charge is 0.201 e. The van der Waals surface area contributed by atoms with Gasteiger partial charge in [-0.3, -0.25) is 0 Å². The summed E-state index contributed by atoms with van der Waals surface area (Å²) in [6, 6.07) is 75.2. The molecule has 0 fully saturated rings. The van der Waals surface area contributed by atoms with Gasteiger partial charge in [-0.15, -0.1) is 0 Å². The molecule has 0 saturated heterocycles. The molecule has 0 amide bonds. The predicted octanol–water partition coefficient (Wildman–Crippen LogP) is 21.7. The van der Waals surface area contributed by atoms with E-state index < -0.39 is 25.5 Å². The Kier molecular flexibility index (Phi) is 26.6. The Labute approximate surface area is 646 Å². The Bertz CT molecular complexity index is 5150. The van der Waals surface area contributed by atoms with E-state index in [1.165, 1.54) is 96.3 Å². The maximum absolute atomic E-state index is 8.19. The molecular weight excluding hydrogens is 1270 g/mol. The molecule has 12 rings (SSSR count). The molecule has 0 aliphatic heterocycles. The van der Waals surface area contributed by atoms with Gasteiger partial charge in [-0.25, -0.2) is 27.4 Å². The van der Waals surface area contributed by atoms with E-state index in [-0.39, 0.29) is 5.92 Å². The largest absolute Gasteiger partial charge is 0.212 e. The van der Waals surface area contributed by atoms with Crippen LogP contribution < -0.4 is 27.4 Å². The fraction of sp³-hybridized carbons (Fsp3) is 0.333. The van der Waals surface area contributed by atoms with Gasteiger partial charge >= 0.3 is 0 Å². The third-order valence-electron chi connectivity index (χ3n) is 18.8. The van der Waals surface area contributed by atoms with Gasteiger partial charge in [0.25, 0.3) is 0 Å². The van der Waals surface area contributed by atoms with Crippen molar-refractivity contribution in [3.63, 3.8) is 0 Å². The quantitative estimate of drug-likeness (QED) is 0.0969. The van der Waals surface area contributed by atoms with Gasteiger partial charge < -0.3 is 0 Å². The van der Waals surface area contributed by atoms with E-state index >= 15 is 0 Å². The highest BCUT2D eigenvalue weighted by Gasteiger charge is 2.21. The van der Waals surface area contributed by atoms with E-state index in [0.717, 1.165) is 46.6 Å². The standard InChI is InChI=1S/C18H24N.2C17H22N.2C16H20N.C15H18N/c1-14-8-6-7-9-16(14)17-12-15(10-11-19(17)5)13-18(2,3)4;1-13(2)11-15-9-10-18(4)17(12-15)16-8-6-5-7-14(16)3;1-13(2)11-15-9-10-17(18(4)12-15)16-8-6-5-7-14(16)3;1-12(2)14-9-10-17(4)16(11-14)15-8-6-5-7-13(15)3;1-12(2)14-9-10-16(17(4)11-14)15-8-6-5-7-13(15)3;1-4-13-9-10-15(16(3)11-13)14-8-6-5-7-12(14)2/h6-12H,13H2,1-5H3;2*5-10,12-13H,11H2,1-4H3;2*5-12H,1-4H3;5-11H,4H2,1-3H3/q6*+1/i;;11D2;;1D3,12D;4D2. The minimum absolute atomic E-state index is 0.0492. The number of aryl methyl sites for hydroxylation is 13. The van der Waals surface area contributed by atoms with Gasteiger partial charge in [0.2, 0.25) is 34.2 Å². The van der Waals surface area contributed by atoms with Crippen molar-refractivity contribution in [2.75, 3.05) is 0 Å². The maximum atomic E-state index is 8.19. The molecule has 0 bridgehead atoms. The Hall–Kier alpha value is -9.78. The molecule has 546 valence electrons. The second-order valence-corrected chi connectivity index (χ2v) is 30.3. The molecule has 6 heterocycles. The van der Waals surface area contributed by atoms with Gasteiger partial charge in [0.1, 0.15) is 42.3 Å². The first-order valence-corrected chi connectivity index (χ1v) is 37.2. The molecule has 105 heavy (non-hydrogen) atoms. The van der Waals surface area contributed by atoms with Gasteiger partial charge in [-0.2, -0.15) is 0 Å². The van der Waals surface area contributed by atoms with Crippen molar-refractivity contribution in [3.8, 4) is 67.5 Å². The van der Waals surface area contributed by atoms with Crippen LogP contribution in [0.1, 0.15) is 173 Å². The van der Waals surface area contributed by atoms with E-state index in [0.29, 0.717) is 28.4 Å². The number of aromatic nitrogens is 6. The third-order valence-corrected chi connectivity index (χ3v) is 18.8. The summed E-state index contributed by atoms with van der Waals surface area (Å²) in [5.74, 6) is -0.400. The molecule has 0 radical (unpaired) electrons. The molecule has 6 heteroatoms. The third kappa shape index (κ3) is 24.4. The van der Waals surface area contributed by atoms with Crippen LogP contribution in [0.2, 0.25) is 0 Å². The number of pyridine rings is 6. The number of rotatable bonds is 14. The summed E-state index contributed by atoms with van der Waals surface area (Å²) in [4.78, 5) is 0. The molecule has 1 unspecified atom stereocenters. The Morgan fingerprint density at radius 2 is 0.676 bits per heavy atom. The predicted molar refractivity (Wildman–Crippen MR) is 445 cm³/mol. The van der Waals surface area contributed by atoms with Crippen molar-refractivity contribution >= 4 is 0 Å². The number of benzene rings is 6. The fourth-order valence-electron chi connectivity index (χ4n) is 12.9. The van der Waals surface area contributed by atoms with Crippen LogP contribution in [0.15, 0.2) is 256 Å². The van der Waals surface area contributed by atoms with Crippen molar-refractivity contribution in [2.45, 2.75) is 162 Å². The van der Waals surface area contributed by atoms with Gasteiger partial charge in [-0.05, 0) is 201 Å². The first-order chi connectivity index (χ1) is 52.9. The lowest BCUT2D eigenvalue weighted by Crippen LogP contribution is -2.31. The summed E-state index contributed by atoms with van der Waals surface area (Å²) in [6.07, 6.45) is 11.6. The normalized spacial score (nSPS) is 13.0. The minimum Gasteiger partial charge on any atom is -0.201 e. The van der Waals surface area contributed by atoms with Gasteiger partial charge in [0.15, 0.2) is 37.2 Å². The molecular formula is C99H126N6+6. The zero-order valence-electron chi connectivity index (χ0n) is 75.6. The van der Waals surface area contributed by atoms with E-state index in [1.807, 2.05) is 147 Å². The Balaban J connectivity index is 0.000000188. The van der Waals surface area contributed by atoms with Crippen molar-refractivity contribution in [2.24, 2.45) is 59.5 Å². The highest BCUT2D eigenvalue weighted by Crippen LogP contribution is 2.29. The van der Waals surface area contributed by atoms with Gasteiger partial charge in [0.05, 0.1) is 0 Å². The molecule has 6 aromatic carbocycles. The zero-order valence-corrected chi connectivity index (χ0v) is 67.6. The fourth-order valence-corrected chi connectivity index (χ4v) is 12.9. The number of nitrogens with zero attached hydrogens (tertiary/aromatic N) is 6. The SMILES string of the molecule is Cc1ccccc1-c1cc(C(C)C)cc[n+]1C.Cc1ccccc1-c1cc(CC(C)(C)C)cc[n+]1C.Cc1ccccc1-c1cc(CC(C)C)cc[n+]1C.[2H]C([2H])(C)c1ccc(-c2ccccc2C)[n+](C)c1.[2H]C([2H])([2H])C([2H])(C)c1ccc(-c2ccccc2C)[n+](C)c1.[2H]C([2H])(c1ccc(-c2ccccc2C)[n+](C)c1)C(C)C. The first-order valence-electron chi connectivity index (χ1n) is 41.2. The molecule has 6 nitrogen and oxygen atoms in total. The van der Waals surface area contributed by atoms with Crippen molar-refractivity contribution < 1.29 is 38.4 Å². The lowest BCUT2D eigenvalue weighted by Gasteiger charge is -2.18. The molecule has 0 aliphatic rings. The highest BCUT2D eigenvalue weighted by molar-refractivity contribution is 5.65. The summed E-state index contributed by atoms with van der Waals surface area (Å²) in [7, 11) is 12.1. The van der Waals surface area contributed by atoms with Crippen molar-refractivity contribution in [1.82, 2.24) is 0 Å². The molecule has 0 spiro atoms. The molecule has 6 aromatic heterocycles. The highest BCUT2D eigenvalue weighted by atomic mass is 14.9. The van der Waals surface area contributed by atoms with Crippen LogP contribution in [0.25, 0.3) is 67.5 Å². The summed E-state index contributed by atoms with van der Waals surface area (Å²) in [6.45, 7) is 33.1. The van der Waals surface area contributed by atoms with Crippen LogP contribution in [0.3, 0.4) is 0 Å². The van der Waals surface area contributed by atoms with Crippen molar-refractivity contribution in [1.29, 1.82) is 0 Å². The van der Waals surface area contributed by atoms with Crippen LogP contribution in [-0.2, 0) is 67.9 Å². The second-order valence-electron chi connectivity index (χ2n) is 30.3. The summed E-state index contributed by atoms with van der Waals surface area (Å²) >= 11 is 0. The summed E-state index contributed by atoms with van der Waals surface area (Å²) in [5, 5.41) is 0. The average Bonchev–Trinajstić information content (AvgIpc) is 0.813. The van der Waals surface area contributed by atoms with Crippen molar-refractivity contribution in [3.05, 3.63) is 322 Å². The number of hydrogen-bond donors (Lipinski definition) is 0. The number of hydrogen-bond acceptors (Lipinski definition) is 0. The van der Waals surface area contributed by atoms with Crippen LogP contribution in [0.4, 0.5) is 0 Å². The topological polar surface area (TPSA) is 23.3 Å². The molecule has 0 N–H and O–H groups in total. The summed E-state index contributed by atoms with van der Waals surface area (Å²) in [5.41, 5.74) is 28.5. The Morgan fingerprint density at radius 3 is 1.02 bits per heavy atom. The monoisotopic (exact) mass is 1410 g/mol. The molecule has 1 atom stereocenters. The second kappa shape index (κ2) is 39.4. The van der Waals surface area contributed by atoms with Crippen LogP contribution in [-0.4, -0.2) is 0 Å². The Morgan fingerprint density at radius 1 is 0.343 bits per heavy atom. The molecule has 0 saturated carbocycles. The molecule has 12 aromatic rings. The summed E-state index contributed by atoms with van der Waals surface area (Å²) < 4.78 is 75.1. The van der Waals surface area contributed by atoms with Crippen LogP contribution in [0, 0.1) is 58.8 Å². The van der Waals surface area contributed by atoms with Crippen LogP contribution >= 0.6 is 0 Å². The van der Waals surface area contributed by atoms with E-state index in [2.05, 4.69) is 270 Å². The maximum Gasteiger partial charge on any atom is 0.212 e. The lowest BCUT2D eigenvalue weighted by atomic mass is 9.88. The van der Waals surface area contributed by atoms with Crippen LogP contribution in [0.5, 0.6) is 0 Å². The van der Waals surface area contributed by atoms with E-state index in [4.69, 9.17) is 11.0 Å². The van der Waals surface area contributed by atoms with E-state index in [1.54, 1.807) is 19.2 Å². The lowest BCUT2D eigenvalue weighted by molar-refractivity contribution is -0.661.